The van der Waals surface area contributed by atoms with Gasteiger partial charge in [0.2, 0.25) is 0 Å². The van der Waals surface area contributed by atoms with Gasteiger partial charge in [0.25, 0.3) is 0 Å². The molecule has 0 bridgehead atoms. The normalized spacial score (nSPS) is 11.3. The molecule has 0 aliphatic carbocycles. The first kappa shape index (κ1) is 41.4. The van der Waals surface area contributed by atoms with Crippen LogP contribution in [-0.4, -0.2) is 6.61 Å². The third kappa shape index (κ3) is 9.65. The summed E-state index contributed by atoms with van der Waals surface area (Å²) in [6, 6.07) is 65.6. The molecule has 0 heterocycles. The Hall–Kier alpha value is -7.36. The van der Waals surface area contributed by atoms with Crippen molar-refractivity contribution in [2.45, 2.75) is 41.5 Å². The van der Waals surface area contributed by atoms with E-state index in [0.717, 1.165) is 56.6 Å². The molecule has 3 nitrogen and oxygen atoms in total. The van der Waals surface area contributed by atoms with Crippen molar-refractivity contribution in [1.29, 1.82) is 0 Å². The first-order valence-electron chi connectivity index (χ1n) is 21.5. The Balaban J connectivity index is 1.06. The van der Waals surface area contributed by atoms with Gasteiger partial charge in [-0.05, 0) is 159 Å². The summed E-state index contributed by atoms with van der Waals surface area (Å²) in [5.74, 6) is 0.897. The van der Waals surface area contributed by atoms with Crippen LogP contribution in [0.1, 0.15) is 57.0 Å². The zero-order valence-corrected chi connectivity index (χ0v) is 36.6. The highest BCUT2D eigenvalue weighted by molar-refractivity contribution is 5.83. The van der Waals surface area contributed by atoms with Crippen LogP contribution in [0.4, 0.5) is 34.1 Å². The van der Waals surface area contributed by atoms with E-state index in [1.807, 2.05) is 25.1 Å². The van der Waals surface area contributed by atoms with Crippen LogP contribution in [0.5, 0.6) is 5.75 Å². The first-order valence-corrected chi connectivity index (χ1v) is 21.5. The molecule has 0 N–H and O–H groups in total. The van der Waals surface area contributed by atoms with E-state index >= 15 is 0 Å². The molecule has 0 atom stereocenters. The molecule has 0 aliphatic rings. The monoisotopic (exact) mass is 806 g/mol. The lowest BCUT2D eigenvalue weighted by Gasteiger charge is -2.27. The number of aryl methyl sites for hydroxylation is 5. The minimum Gasteiger partial charge on any atom is -0.493 e. The van der Waals surface area contributed by atoms with Crippen LogP contribution in [0.2, 0.25) is 0 Å². The predicted molar refractivity (Wildman–Crippen MR) is 267 cm³/mol. The van der Waals surface area contributed by atoms with Gasteiger partial charge in [0.1, 0.15) is 5.75 Å². The summed E-state index contributed by atoms with van der Waals surface area (Å²) in [4.78, 5) is 4.68. The Kier molecular flexibility index (Phi) is 12.6. The van der Waals surface area contributed by atoms with E-state index in [9.17, 15) is 0 Å². The van der Waals surface area contributed by atoms with Crippen LogP contribution in [0.25, 0.3) is 35.4 Å². The molecule has 0 radical (unpaired) electrons. The van der Waals surface area contributed by atoms with Crippen LogP contribution in [0.15, 0.2) is 182 Å². The molecule has 8 aromatic carbocycles. The van der Waals surface area contributed by atoms with Crippen LogP contribution in [-0.2, 0) is 0 Å². The maximum atomic E-state index is 5.86. The largest absolute Gasteiger partial charge is 0.493 e. The zero-order chi connectivity index (χ0) is 43.0. The topological polar surface area (TPSA) is 15.7 Å². The van der Waals surface area contributed by atoms with Crippen LogP contribution >= 0.6 is 0 Å². The van der Waals surface area contributed by atoms with Gasteiger partial charge in [0.05, 0.1) is 6.61 Å². The van der Waals surface area contributed by atoms with Gasteiger partial charge in [-0.3, -0.25) is 0 Å². The minimum atomic E-state index is 0.637. The SMILES string of the molecule is CCOc1ccccc1/C=C/c1ccc(N(c2ccc(C)cc2)c2ccc(-c3ccc(N(c4ccc(C)cc4)c4ccc(/C=C/c5ccc(C)cc5)c(C)c4)cc3)cc2)cc1C. The molecule has 0 saturated heterocycles. The maximum Gasteiger partial charge on any atom is 0.126 e. The fraction of sp³-hybridized carbons (Fsp3) is 0.119. The average Bonchev–Trinajstić information content (AvgIpc) is 3.29. The van der Waals surface area contributed by atoms with Gasteiger partial charge in [-0.15, -0.1) is 0 Å². The van der Waals surface area contributed by atoms with Gasteiger partial charge in [0, 0.05) is 39.7 Å². The minimum absolute atomic E-state index is 0.637. The second-order valence-electron chi connectivity index (χ2n) is 16.1. The van der Waals surface area contributed by atoms with Crippen molar-refractivity contribution in [3.05, 3.63) is 232 Å². The van der Waals surface area contributed by atoms with Crippen molar-refractivity contribution < 1.29 is 4.74 Å². The number of hydrogen-bond acceptors (Lipinski definition) is 3. The number of rotatable bonds is 13. The van der Waals surface area contributed by atoms with Crippen LogP contribution < -0.4 is 14.5 Å². The number of benzene rings is 8. The quantitative estimate of drug-likeness (QED) is 0.108. The third-order valence-corrected chi connectivity index (χ3v) is 11.4. The summed E-state index contributed by atoms with van der Waals surface area (Å²) >= 11 is 0. The second-order valence-corrected chi connectivity index (χ2v) is 16.1. The molecule has 0 aromatic heterocycles. The van der Waals surface area contributed by atoms with Crippen molar-refractivity contribution in [2.24, 2.45) is 0 Å². The molecule has 0 amide bonds. The van der Waals surface area contributed by atoms with E-state index in [1.54, 1.807) is 0 Å². The lowest BCUT2D eigenvalue weighted by atomic mass is 10.0. The van der Waals surface area contributed by atoms with Gasteiger partial charge in [-0.1, -0.05) is 144 Å². The van der Waals surface area contributed by atoms with Gasteiger partial charge in [-0.2, -0.15) is 0 Å². The van der Waals surface area contributed by atoms with Gasteiger partial charge in [0.15, 0.2) is 0 Å². The van der Waals surface area contributed by atoms with E-state index in [-0.39, 0.29) is 0 Å². The Morgan fingerprint density at radius 1 is 0.371 bits per heavy atom. The number of anilines is 6. The van der Waals surface area contributed by atoms with Crippen molar-refractivity contribution in [3.8, 4) is 16.9 Å². The van der Waals surface area contributed by atoms with Crippen molar-refractivity contribution in [3.63, 3.8) is 0 Å². The molecule has 3 heteroatoms. The molecule has 0 fully saturated rings. The van der Waals surface area contributed by atoms with Gasteiger partial charge in [-0.25, -0.2) is 0 Å². The third-order valence-electron chi connectivity index (χ3n) is 11.4. The predicted octanol–water partition coefficient (Wildman–Crippen LogP) is 16.6. The summed E-state index contributed by atoms with van der Waals surface area (Å²) in [7, 11) is 0. The average molecular weight is 807 g/mol. The molecule has 0 unspecified atom stereocenters. The van der Waals surface area contributed by atoms with E-state index in [4.69, 9.17) is 4.74 Å². The Labute approximate surface area is 368 Å². The molecular weight excluding hydrogens is 753 g/mol. The smallest absolute Gasteiger partial charge is 0.126 e. The molecular formula is C59H54N2O. The van der Waals surface area contributed by atoms with E-state index in [0.29, 0.717) is 6.61 Å². The maximum absolute atomic E-state index is 5.86. The van der Waals surface area contributed by atoms with Gasteiger partial charge >= 0.3 is 0 Å². The molecule has 62 heavy (non-hydrogen) atoms. The van der Waals surface area contributed by atoms with Crippen LogP contribution in [0, 0.1) is 34.6 Å². The molecule has 8 rings (SSSR count). The lowest BCUT2D eigenvalue weighted by molar-refractivity contribution is 0.339. The fourth-order valence-electron chi connectivity index (χ4n) is 7.81. The van der Waals surface area contributed by atoms with Crippen molar-refractivity contribution >= 4 is 58.4 Å². The molecule has 306 valence electrons. The Morgan fingerprint density at radius 2 is 0.742 bits per heavy atom. The van der Waals surface area contributed by atoms with Gasteiger partial charge < -0.3 is 14.5 Å². The molecule has 0 spiro atoms. The first-order chi connectivity index (χ1) is 30.2. The lowest BCUT2D eigenvalue weighted by Crippen LogP contribution is -2.10. The number of nitrogens with zero attached hydrogens (tertiary/aromatic N) is 2. The summed E-state index contributed by atoms with van der Waals surface area (Å²) in [5, 5.41) is 0. The highest BCUT2D eigenvalue weighted by atomic mass is 16.5. The highest BCUT2D eigenvalue weighted by Gasteiger charge is 2.16. The summed E-state index contributed by atoms with van der Waals surface area (Å²) in [5.41, 5.74) is 19.8. The number of hydrogen-bond donors (Lipinski definition) is 0. The molecule has 0 saturated carbocycles. The highest BCUT2D eigenvalue weighted by Crippen LogP contribution is 2.39. The Morgan fingerprint density at radius 3 is 1.18 bits per heavy atom. The summed E-state index contributed by atoms with van der Waals surface area (Å²) in [6.07, 6.45) is 8.71. The van der Waals surface area contributed by atoms with Crippen molar-refractivity contribution in [2.75, 3.05) is 16.4 Å². The fourth-order valence-corrected chi connectivity index (χ4v) is 7.81. The van der Waals surface area contributed by atoms with Crippen LogP contribution in [0.3, 0.4) is 0 Å². The summed E-state index contributed by atoms with van der Waals surface area (Å²) < 4.78 is 5.86. The number of ether oxygens (including phenoxy) is 1. The second kappa shape index (κ2) is 18.9. The van der Waals surface area contributed by atoms with E-state index in [1.165, 1.54) is 44.5 Å². The molecule has 0 aliphatic heterocycles. The van der Waals surface area contributed by atoms with Crippen molar-refractivity contribution in [1.82, 2.24) is 0 Å². The summed E-state index contributed by atoms with van der Waals surface area (Å²) in [6.45, 7) is 13.4. The van der Waals surface area contributed by atoms with E-state index in [2.05, 4.69) is 233 Å². The molecule has 8 aromatic rings. The number of para-hydroxylation sites is 1. The Bertz CT molecular complexity index is 2810. The standard InChI is InChI=1S/C59H54N2O/c1-7-62-59-11-9-8-10-52(59)23-22-49-25-39-58(41-46(49)6)61(54-32-16-44(4)17-33-54)56-36-28-51(29-37-56)50-26-34-55(35-27-50)60(53-30-14-43(3)15-31-53)57-38-24-48(45(5)40-57)21-20-47-18-12-42(2)13-19-47/h8-41H,7H2,1-6H3/b21-20+,23-22+. The zero-order valence-electron chi connectivity index (χ0n) is 36.6. The van der Waals surface area contributed by atoms with E-state index < -0.39 is 0 Å².